The van der Waals surface area contributed by atoms with Crippen LogP contribution in [0.4, 0.5) is 5.69 Å². The second-order valence-electron chi connectivity index (χ2n) is 11.9. The molecule has 1 atom stereocenters. The van der Waals surface area contributed by atoms with Crippen LogP contribution in [-0.2, 0) is 16.1 Å². The highest BCUT2D eigenvalue weighted by Crippen LogP contribution is 2.31. The zero-order chi connectivity index (χ0) is 28.0. The first kappa shape index (κ1) is 26.5. The number of piperidine rings is 1. The number of carbonyl (C=O) groups excluding carboxylic acids is 4. The van der Waals surface area contributed by atoms with Crippen LogP contribution < -0.4 is 10.2 Å². The Morgan fingerprint density at radius 3 is 2.50 bits per heavy atom. The molecule has 4 heterocycles. The second kappa shape index (κ2) is 10.7. The Kier molecular flexibility index (Phi) is 7.08. The molecule has 4 amide bonds. The Hall–Kier alpha value is -3.72. The van der Waals surface area contributed by atoms with Gasteiger partial charge in [0.2, 0.25) is 11.8 Å². The Balaban J connectivity index is 0.988. The number of carbonyl (C=O) groups is 4. The fourth-order valence-corrected chi connectivity index (χ4v) is 6.38. The number of nitrogens with zero attached hydrogens (tertiary/aromatic N) is 4. The minimum Gasteiger partial charge on any atom is -0.369 e. The van der Waals surface area contributed by atoms with Crippen LogP contribution in [-0.4, -0.2) is 90.2 Å². The zero-order valence-electron chi connectivity index (χ0n) is 23.3. The number of rotatable bonds is 6. The third-order valence-corrected chi connectivity index (χ3v) is 8.81. The zero-order valence-corrected chi connectivity index (χ0v) is 23.3. The van der Waals surface area contributed by atoms with Crippen molar-refractivity contribution in [3.05, 3.63) is 64.7 Å². The van der Waals surface area contributed by atoms with E-state index in [2.05, 4.69) is 41.1 Å². The highest BCUT2D eigenvalue weighted by molar-refractivity contribution is 6.05. The summed E-state index contributed by atoms with van der Waals surface area (Å²) in [5, 5.41) is 2.36. The summed E-state index contributed by atoms with van der Waals surface area (Å²) in [7, 11) is 0. The van der Waals surface area contributed by atoms with Crippen molar-refractivity contribution in [3.8, 4) is 0 Å². The quantitative estimate of drug-likeness (QED) is 0.563. The molecule has 4 aliphatic rings. The number of imide groups is 1. The maximum atomic E-state index is 13.0. The Bertz CT molecular complexity index is 1340. The van der Waals surface area contributed by atoms with E-state index in [1.165, 1.54) is 5.56 Å². The van der Waals surface area contributed by atoms with Crippen LogP contribution in [0, 0.1) is 5.92 Å². The van der Waals surface area contributed by atoms with Crippen LogP contribution in [0.3, 0.4) is 0 Å². The number of piperazine rings is 1. The third-order valence-electron chi connectivity index (χ3n) is 8.81. The fraction of sp³-hybridized carbons (Fsp3) is 0.484. The number of anilines is 1. The van der Waals surface area contributed by atoms with Gasteiger partial charge in [0.15, 0.2) is 0 Å². The Morgan fingerprint density at radius 1 is 1.00 bits per heavy atom. The van der Waals surface area contributed by atoms with E-state index < -0.39 is 6.04 Å². The van der Waals surface area contributed by atoms with E-state index >= 15 is 0 Å². The monoisotopic (exact) mass is 543 g/mol. The van der Waals surface area contributed by atoms with E-state index in [1.54, 1.807) is 4.90 Å². The molecule has 4 aliphatic heterocycles. The predicted molar refractivity (Wildman–Crippen MR) is 151 cm³/mol. The van der Waals surface area contributed by atoms with Crippen LogP contribution in [0.5, 0.6) is 0 Å². The van der Waals surface area contributed by atoms with Crippen molar-refractivity contribution in [1.29, 1.82) is 0 Å². The normalized spacial score (nSPS) is 22.0. The molecule has 9 heteroatoms. The lowest BCUT2D eigenvalue weighted by atomic mass is 9.96. The van der Waals surface area contributed by atoms with Gasteiger partial charge in [0.1, 0.15) is 6.04 Å². The molecule has 6 rings (SSSR count). The number of nitrogens with one attached hydrogen (secondary N) is 1. The van der Waals surface area contributed by atoms with Crippen molar-refractivity contribution in [2.24, 2.45) is 5.92 Å². The molecule has 40 heavy (non-hydrogen) atoms. The van der Waals surface area contributed by atoms with E-state index in [0.29, 0.717) is 30.4 Å². The third kappa shape index (κ3) is 5.10. The molecule has 0 aromatic heterocycles. The summed E-state index contributed by atoms with van der Waals surface area (Å²) < 4.78 is 0. The molecule has 2 aromatic carbocycles. The lowest BCUT2D eigenvalue weighted by Crippen LogP contribution is -2.56. The van der Waals surface area contributed by atoms with Crippen molar-refractivity contribution < 1.29 is 19.2 Å². The maximum Gasteiger partial charge on any atom is 0.255 e. The number of hydrogen-bond donors (Lipinski definition) is 1. The minimum atomic E-state index is -0.590. The summed E-state index contributed by atoms with van der Waals surface area (Å²) in [4.78, 5) is 58.2. The van der Waals surface area contributed by atoms with E-state index in [4.69, 9.17) is 0 Å². The first-order valence-electron chi connectivity index (χ1n) is 14.4. The van der Waals surface area contributed by atoms with Gasteiger partial charge in [-0.3, -0.25) is 29.4 Å². The molecular weight excluding hydrogens is 506 g/mol. The molecule has 0 aliphatic carbocycles. The fourth-order valence-electron chi connectivity index (χ4n) is 6.38. The van der Waals surface area contributed by atoms with Gasteiger partial charge in [-0.05, 0) is 53.8 Å². The van der Waals surface area contributed by atoms with Gasteiger partial charge in [0.05, 0.1) is 0 Å². The van der Waals surface area contributed by atoms with Crippen molar-refractivity contribution in [1.82, 2.24) is 20.0 Å². The van der Waals surface area contributed by atoms with Gasteiger partial charge in [0.25, 0.3) is 11.8 Å². The van der Waals surface area contributed by atoms with Gasteiger partial charge in [0, 0.05) is 81.5 Å². The number of hydrogen-bond acceptors (Lipinski definition) is 6. The van der Waals surface area contributed by atoms with Gasteiger partial charge in [-0.15, -0.1) is 0 Å². The molecule has 0 spiro atoms. The second-order valence-corrected chi connectivity index (χ2v) is 11.9. The Labute approximate surface area is 235 Å². The van der Waals surface area contributed by atoms with Crippen molar-refractivity contribution in [2.45, 2.75) is 45.2 Å². The van der Waals surface area contributed by atoms with E-state index in [-0.39, 0.29) is 30.0 Å². The summed E-state index contributed by atoms with van der Waals surface area (Å²) in [5.41, 5.74) is 4.66. The largest absolute Gasteiger partial charge is 0.369 e. The standard InChI is InChI=1S/C31H37N5O4/c1-20(2)22-4-3-5-23(14-22)30(39)35-17-21(18-35)16-33-10-12-34(13-11-33)25-6-7-26-24(15-25)19-36(31(26)40)27-8-9-28(37)32-29(27)38/h3-7,14-15,20-21,27H,8-13,16-19H2,1-2H3,(H,32,37,38). The molecule has 0 radical (unpaired) electrons. The molecule has 210 valence electrons. The van der Waals surface area contributed by atoms with Crippen molar-refractivity contribution in [3.63, 3.8) is 0 Å². The van der Waals surface area contributed by atoms with Gasteiger partial charge in [-0.2, -0.15) is 0 Å². The summed E-state index contributed by atoms with van der Waals surface area (Å²) in [6.07, 6.45) is 0.630. The molecular formula is C31H37N5O4. The molecule has 0 saturated carbocycles. The first-order valence-corrected chi connectivity index (χ1v) is 14.4. The van der Waals surface area contributed by atoms with Crippen molar-refractivity contribution in [2.75, 3.05) is 50.7 Å². The topological polar surface area (TPSA) is 93.3 Å². The molecule has 0 bridgehead atoms. The van der Waals surface area contributed by atoms with Crippen molar-refractivity contribution >= 4 is 29.3 Å². The van der Waals surface area contributed by atoms with E-state index in [0.717, 1.165) is 62.6 Å². The number of benzene rings is 2. The smallest absolute Gasteiger partial charge is 0.255 e. The summed E-state index contributed by atoms with van der Waals surface area (Å²) >= 11 is 0. The molecule has 1 unspecified atom stereocenters. The SMILES string of the molecule is CC(C)c1cccc(C(=O)N2CC(CN3CCN(c4ccc5c(c4)CN(C4CCC(=O)NC4=O)C5=O)CC3)C2)c1. The van der Waals surface area contributed by atoms with Crippen LogP contribution in [0.25, 0.3) is 0 Å². The molecule has 9 nitrogen and oxygen atoms in total. The summed E-state index contributed by atoms with van der Waals surface area (Å²) in [6.45, 7) is 11.0. The predicted octanol–water partition coefficient (Wildman–Crippen LogP) is 2.47. The lowest BCUT2D eigenvalue weighted by Gasteiger charge is -2.44. The Morgan fingerprint density at radius 2 is 1.77 bits per heavy atom. The lowest BCUT2D eigenvalue weighted by molar-refractivity contribution is -0.136. The average Bonchev–Trinajstić information content (AvgIpc) is 3.25. The first-order chi connectivity index (χ1) is 19.3. The van der Waals surface area contributed by atoms with E-state index in [1.807, 2.05) is 35.2 Å². The van der Waals surface area contributed by atoms with Gasteiger partial charge in [-0.1, -0.05) is 26.0 Å². The van der Waals surface area contributed by atoms with Gasteiger partial charge in [-0.25, -0.2) is 0 Å². The van der Waals surface area contributed by atoms with Crippen LogP contribution >= 0.6 is 0 Å². The molecule has 3 saturated heterocycles. The van der Waals surface area contributed by atoms with E-state index in [9.17, 15) is 19.2 Å². The highest BCUT2D eigenvalue weighted by atomic mass is 16.2. The number of fused-ring (bicyclic) bond motifs is 1. The van der Waals surface area contributed by atoms with Crippen LogP contribution in [0.1, 0.15) is 64.4 Å². The molecule has 1 N–H and O–H groups in total. The molecule has 3 fully saturated rings. The summed E-state index contributed by atoms with van der Waals surface area (Å²) in [6, 6.07) is 13.4. The number of likely N-dealkylation sites (tertiary alicyclic amines) is 1. The maximum absolute atomic E-state index is 13.0. The summed E-state index contributed by atoms with van der Waals surface area (Å²) in [5.74, 6) is 0.252. The molecule has 2 aromatic rings. The van der Waals surface area contributed by atoms with Gasteiger partial charge < -0.3 is 14.7 Å². The highest BCUT2D eigenvalue weighted by Gasteiger charge is 2.39. The van der Waals surface area contributed by atoms with Gasteiger partial charge >= 0.3 is 0 Å². The number of amides is 4. The van der Waals surface area contributed by atoms with Crippen LogP contribution in [0.2, 0.25) is 0 Å². The average molecular weight is 544 g/mol. The van der Waals surface area contributed by atoms with Crippen LogP contribution in [0.15, 0.2) is 42.5 Å². The minimum absolute atomic E-state index is 0.134.